The molecule has 4 nitrogen and oxygen atoms in total. The van der Waals surface area contributed by atoms with Gasteiger partial charge in [0.05, 0.1) is 4.92 Å². The van der Waals surface area contributed by atoms with Crippen LogP contribution < -0.4 is 15.9 Å². The number of nitro groups is 1. The highest BCUT2D eigenvalue weighted by Gasteiger charge is 2.31. The van der Waals surface area contributed by atoms with Crippen LogP contribution in [-0.4, -0.2) is 4.92 Å². The highest BCUT2D eigenvalue weighted by atomic mass is 32.1. The Balaban J connectivity index is 2.28. The second-order valence-corrected chi connectivity index (χ2v) is 8.43. The molecule has 120 valence electrons. The first-order valence-electron chi connectivity index (χ1n) is 7.23. The van der Waals surface area contributed by atoms with Gasteiger partial charge in [-0.2, -0.15) is 0 Å². The van der Waals surface area contributed by atoms with Crippen molar-refractivity contribution < 1.29 is 9.49 Å². The third kappa shape index (κ3) is 2.88. The lowest BCUT2D eigenvalue weighted by Crippen LogP contribution is -2.26. The summed E-state index contributed by atoms with van der Waals surface area (Å²) in [4.78, 5) is 10.8. The summed E-state index contributed by atoms with van der Waals surface area (Å²) in [5.41, 5.74) is -0.0728. The SMILES string of the molecule is O=[N+]([O-])c1ccc(P(=O)(c2ccccc2)c2ccccc2)c(S)c1. The zero-order valence-electron chi connectivity index (χ0n) is 12.6. The number of thiol groups is 1. The van der Waals surface area contributed by atoms with Gasteiger partial charge in [0, 0.05) is 32.9 Å². The monoisotopic (exact) mass is 355 g/mol. The molecule has 0 saturated heterocycles. The van der Waals surface area contributed by atoms with E-state index >= 15 is 0 Å². The van der Waals surface area contributed by atoms with E-state index in [9.17, 15) is 14.7 Å². The van der Waals surface area contributed by atoms with Crippen LogP contribution in [0.3, 0.4) is 0 Å². The zero-order chi connectivity index (χ0) is 17.2. The van der Waals surface area contributed by atoms with Crippen LogP contribution in [0.5, 0.6) is 0 Å². The maximum atomic E-state index is 14.1. The van der Waals surface area contributed by atoms with Gasteiger partial charge in [-0.3, -0.25) is 10.1 Å². The lowest BCUT2D eigenvalue weighted by atomic mass is 10.3. The summed E-state index contributed by atoms with van der Waals surface area (Å²) < 4.78 is 14.1. The normalized spacial score (nSPS) is 11.2. The fourth-order valence-corrected chi connectivity index (χ4v) is 5.93. The molecule has 0 heterocycles. The molecular formula is C18H14NO3PS. The minimum atomic E-state index is -3.16. The maximum Gasteiger partial charge on any atom is 0.270 e. The maximum absolute atomic E-state index is 14.1. The molecule has 3 aromatic carbocycles. The summed E-state index contributed by atoms with van der Waals surface area (Å²) in [5, 5.41) is 12.8. The number of rotatable bonds is 4. The Bertz CT molecular complexity index is 886. The molecule has 24 heavy (non-hydrogen) atoms. The van der Waals surface area contributed by atoms with Crippen molar-refractivity contribution in [2.24, 2.45) is 0 Å². The molecule has 0 bridgehead atoms. The molecule has 0 amide bonds. The Morgan fingerprint density at radius 3 is 1.75 bits per heavy atom. The molecule has 0 aliphatic carbocycles. The van der Waals surface area contributed by atoms with E-state index in [1.165, 1.54) is 12.1 Å². The Kier molecular flexibility index (Phi) is 4.56. The molecule has 0 fully saturated rings. The van der Waals surface area contributed by atoms with Gasteiger partial charge in [-0.15, -0.1) is 12.6 Å². The summed E-state index contributed by atoms with van der Waals surface area (Å²) in [7, 11) is -3.16. The Morgan fingerprint density at radius 2 is 1.33 bits per heavy atom. The van der Waals surface area contributed by atoms with Gasteiger partial charge < -0.3 is 4.57 Å². The predicted octanol–water partition coefficient (Wildman–Crippen LogP) is 3.52. The van der Waals surface area contributed by atoms with E-state index in [1.54, 1.807) is 6.07 Å². The number of nitro benzene ring substituents is 1. The summed E-state index contributed by atoms with van der Waals surface area (Å²) in [6, 6.07) is 22.5. The van der Waals surface area contributed by atoms with E-state index in [2.05, 4.69) is 12.6 Å². The number of nitrogens with zero attached hydrogens (tertiary/aromatic N) is 1. The quantitative estimate of drug-likeness (QED) is 0.337. The van der Waals surface area contributed by atoms with Gasteiger partial charge in [0.25, 0.3) is 5.69 Å². The Labute approximate surface area is 145 Å². The minimum absolute atomic E-state index is 0.0728. The van der Waals surface area contributed by atoms with E-state index in [-0.39, 0.29) is 5.69 Å². The van der Waals surface area contributed by atoms with Gasteiger partial charge >= 0.3 is 0 Å². The largest absolute Gasteiger partial charge is 0.309 e. The molecule has 3 rings (SSSR count). The van der Waals surface area contributed by atoms with E-state index in [1.807, 2.05) is 60.7 Å². The zero-order valence-corrected chi connectivity index (χ0v) is 14.4. The first-order valence-corrected chi connectivity index (χ1v) is 9.38. The van der Waals surface area contributed by atoms with Crippen LogP contribution in [-0.2, 0) is 4.57 Å². The standard InChI is InChI=1S/C18H14NO3PS/c20-19(21)14-11-12-17(18(24)13-14)23(22,15-7-3-1-4-8-15)16-9-5-2-6-10-16/h1-13,24H. The molecule has 0 aromatic heterocycles. The molecule has 6 heteroatoms. The topological polar surface area (TPSA) is 60.2 Å². The lowest BCUT2D eigenvalue weighted by Gasteiger charge is -2.21. The van der Waals surface area contributed by atoms with E-state index in [0.717, 1.165) is 0 Å². The van der Waals surface area contributed by atoms with Crippen molar-refractivity contribution in [3.8, 4) is 0 Å². The van der Waals surface area contributed by atoms with Crippen molar-refractivity contribution in [1.82, 2.24) is 0 Å². The van der Waals surface area contributed by atoms with E-state index < -0.39 is 12.1 Å². The van der Waals surface area contributed by atoms with Gasteiger partial charge in [0.2, 0.25) is 0 Å². The highest BCUT2D eigenvalue weighted by Crippen LogP contribution is 2.44. The number of hydrogen-bond acceptors (Lipinski definition) is 4. The van der Waals surface area contributed by atoms with E-state index in [4.69, 9.17) is 0 Å². The molecule has 3 aromatic rings. The van der Waals surface area contributed by atoms with Crippen LogP contribution in [0.15, 0.2) is 83.8 Å². The van der Waals surface area contributed by atoms with Crippen molar-refractivity contribution in [3.63, 3.8) is 0 Å². The molecule has 0 atom stereocenters. The second kappa shape index (κ2) is 6.63. The van der Waals surface area contributed by atoms with Crippen LogP contribution in [0, 0.1) is 10.1 Å². The van der Waals surface area contributed by atoms with Crippen LogP contribution >= 0.6 is 19.8 Å². The van der Waals surface area contributed by atoms with Crippen LogP contribution in [0.2, 0.25) is 0 Å². The van der Waals surface area contributed by atoms with Gasteiger partial charge in [-0.1, -0.05) is 60.7 Å². The smallest absolute Gasteiger partial charge is 0.270 e. The fraction of sp³-hybridized carbons (Fsp3) is 0. The summed E-state index contributed by atoms with van der Waals surface area (Å²) in [6.07, 6.45) is 0. The van der Waals surface area contributed by atoms with Gasteiger partial charge in [-0.25, -0.2) is 0 Å². The Hall–Kier alpha value is -2.36. The summed E-state index contributed by atoms with van der Waals surface area (Å²) >= 11 is 4.38. The third-order valence-electron chi connectivity index (χ3n) is 3.75. The molecule has 0 radical (unpaired) electrons. The first kappa shape index (κ1) is 16.5. The van der Waals surface area contributed by atoms with Crippen LogP contribution in [0.1, 0.15) is 0 Å². The molecule has 0 aliphatic rings. The molecule has 0 spiro atoms. The van der Waals surface area contributed by atoms with Crippen molar-refractivity contribution in [2.45, 2.75) is 4.90 Å². The van der Waals surface area contributed by atoms with Gasteiger partial charge in [-0.05, 0) is 6.07 Å². The lowest BCUT2D eigenvalue weighted by molar-refractivity contribution is -0.385. The van der Waals surface area contributed by atoms with Crippen molar-refractivity contribution >= 4 is 41.4 Å². The summed E-state index contributed by atoms with van der Waals surface area (Å²) in [5.74, 6) is 0. The second-order valence-electron chi connectivity index (χ2n) is 5.21. The number of non-ortho nitro benzene ring substituents is 1. The highest BCUT2D eigenvalue weighted by molar-refractivity contribution is 7.87. The van der Waals surface area contributed by atoms with E-state index in [0.29, 0.717) is 20.8 Å². The fourth-order valence-electron chi connectivity index (χ4n) is 2.59. The number of benzene rings is 3. The average Bonchev–Trinajstić information content (AvgIpc) is 2.62. The van der Waals surface area contributed by atoms with Gasteiger partial charge in [0.15, 0.2) is 7.14 Å². The number of hydrogen-bond donors (Lipinski definition) is 1. The van der Waals surface area contributed by atoms with Crippen LogP contribution in [0.25, 0.3) is 0 Å². The van der Waals surface area contributed by atoms with Crippen molar-refractivity contribution in [2.75, 3.05) is 0 Å². The predicted molar refractivity (Wildman–Crippen MR) is 99.7 cm³/mol. The first-order chi connectivity index (χ1) is 11.5. The van der Waals surface area contributed by atoms with Crippen molar-refractivity contribution in [1.29, 1.82) is 0 Å². The third-order valence-corrected chi connectivity index (χ3v) is 7.41. The molecule has 0 unspecified atom stereocenters. The van der Waals surface area contributed by atoms with Crippen LogP contribution in [0.4, 0.5) is 5.69 Å². The molecular weight excluding hydrogens is 341 g/mol. The minimum Gasteiger partial charge on any atom is -0.309 e. The molecule has 0 saturated carbocycles. The molecule has 0 aliphatic heterocycles. The van der Waals surface area contributed by atoms with Crippen molar-refractivity contribution in [3.05, 3.63) is 89.0 Å². The molecule has 0 N–H and O–H groups in total. The average molecular weight is 355 g/mol. The summed E-state index contributed by atoms with van der Waals surface area (Å²) in [6.45, 7) is 0. The van der Waals surface area contributed by atoms with Gasteiger partial charge in [0.1, 0.15) is 0 Å². The Morgan fingerprint density at radius 1 is 0.833 bits per heavy atom.